The van der Waals surface area contributed by atoms with Gasteiger partial charge in [-0.1, -0.05) is 18.2 Å². The molecule has 1 aliphatic rings. The van der Waals surface area contributed by atoms with E-state index in [2.05, 4.69) is 10.2 Å². The number of hydrogen-bond donors (Lipinski definition) is 1. The van der Waals surface area contributed by atoms with Crippen LogP contribution in [0.15, 0.2) is 30.3 Å². The molecule has 1 aliphatic heterocycles. The van der Waals surface area contributed by atoms with Crippen molar-refractivity contribution in [2.75, 3.05) is 39.3 Å². The molecule has 0 amide bonds. The molecule has 0 aliphatic carbocycles. The Morgan fingerprint density at radius 2 is 1.78 bits per heavy atom. The Bertz CT molecular complexity index is 302. The van der Waals surface area contributed by atoms with Crippen LogP contribution in [-0.4, -0.2) is 44.2 Å². The Labute approximate surface area is 116 Å². The van der Waals surface area contributed by atoms with Gasteiger partial charge in [-0.25, -0.2) is 0 Å². The molecule has 0 saturated carbocycles. The highest BCUT2D eigenvalue weighted by Gasteiger charge is 2.07. The minimum atomic E-state index is 0. The molecular formula is C14H22ClN2O-. The Balaban J connectivity index is 0.00000162. The first kappa shape index (κ1) is 15.3. The molecule has 1 aromatic rings. The van der Waals surface area contributed by atoms with Gasteiger partial charge in [-0.3, -0.25) is 0 Å². The number of hydrogen-bond acceptors (Lipinski definition) is 3. The van der Waals surface area contributed by atoms with Crippen LogP contribution >= 0.6 is 0 Å². The first-order chi connectivity index (χ1) is 8.45. The molecule has 1 heterocycles. The summed E-state index contributed by atoms with van der Waals surface area (Å²) in [4.78, 5) is 2.53. The van der Waals surface area contributed by atoms with Crippen LogP contribution in [0.1, 0.15) is 12.8 Å². The molecule has 1 saturated heterocycles. The van der Waals surface area contributed by atoms with E-state index in [9.17, 15) is 0 Å². The van der Waals surface area contributed by atoms with Crippen molar-refractivity contribution < 1.29 is 17.1 Å². The summed E-state index contributed by atoms with van der Waals surface area (Å²) in [5.41, 5.74) is 0. The number of ether oxygens (including phenoxy) is 1. The second-order valence-corrected chi connectivity index (χ2v) is 4.46. The van der Waals surface area contributed by atoms with Gasteiger partial charge in [0.05, 0.1) is 6.61 Å². The Hall–Kier alpha value is -0.770. The fraction of sp³-hybridized carbons (Fsp3) is 0.571. The SMILES string of the molecule is [Cl-].c1ccc(OCCCCN2CCNCC2)cc1. The molecule has 2 rings (SSSR count). The molecule has 0 spiro atoms. The second-order valence-electron chi connectivity index (χ2n) is 4.46. The van der Waals surface area contributed by atoms with E-state index in [0.717, 1.165) is 31.9 Å². The fourth-order valence-electron chi connectivity index (χ4n) is 2.08. The van der Waals surface area contributed by atoms with Gasteiger partial charge >= 0.3 is 0 Å². The van der Waals surface area contributed by atoms with Crippen molar-refractivity contribution in [1.82, 2.24) is 10.2 Å². The minimum Gasteiger partial charge on any atom is -1.00 e. The van der Waals surface area contributed by atoms with E-state index in [-0.39, 0.29) is 12.4 Å². The van der Waals surface area contributed by atoms with Crippen LogP contribution in [0.5, 0.6) is 5.75 Å². The maximum Gasteiger partial charge on any atom is 0.119 e. The van der Waals surface area contributed by atoms with E-state index >= 15 is 0 Å². The third-order valence-corrected chi connectivity index (χ3v) is 3.09. The molecule has 3 nitrogen and oxygen atoms in total. The van der Waals surface area contributed by atoms with Gasteiger partial charge in [-0.05, 0) is 31.5 Å². The van der Waals surface area contributed by atoms with Gasteiger partial charge in [0.15, 0.2) is 0 Å². The molecule has 0 radical (unpaired) electrons. The van der Waals surface area contributed by atoms with Gasteiger partial charge in [0.25, 0.3) is 0 Å². The van der Waals surface area contributed by atoms with Gasteiger partial charge < -0.3 is 27.4 Å². The molecule has 0 aromatic heterocycles. The summed E-state index contributed by atoms with van der Waals surface area (Å²) in [5.74, 6) is 0.981. The van der Waals surface area contributed by atoms with Crippen molar-refractivity contribution in [2.24, 2.45) is 0 Å². The topological polar surface area (TPSA) is 24.5 Å². The van der Waals surface area contributed by atoms with E-state index in [1.54, 1.807) is 0 Å². The summed E-state index contributed by atoms with van der Waals surface area (Å²) in [6, 6.07) is 10.1. The largest absolute Gasteiger partial charge is 1.00 e. The van der Waals surface area contributed by atoms with Crippen molar-refractivity contribution in [1.29, 1.82) is 0 Å². The predicted octanol–water partition coefficient (Wildman–Crippen LogP) is -1.25. The van der Waals surface area contributed by atoms with Gasteiger partial charge in [0, 0.05) is 26.2 Å². The van der Waals surface area contributed by atoms with Gasteiger partial charge in [0.2, 0.25) is 0 Å². The summed E-state index contributed by atoms with van der Waals surface area (Å²) in [6.07, 6.45) is 2.37. The number of para-hydroxylation sites is 1. The third-order valence-electron chi connectivity index (χ3n) is 3.09. The monoisotopic (exact) mass is 269 g/mol. The summed E-state index contributed by atoms with van der Waals surface area (Å²) < 4.78 is 5.66. The smallest absolute Gasteiger partial charge is 0.119 e. The Morgan fingerprint density at radius 3 is 2.50 bits per heavy atom. The maximum atomic E-state index is 5.66. The molecule has 4 heteroatoms. The van der Waals surface area contributed by atoms with Crippen molar-refractivity contribution in [3.05, 3.63) is 30.3 Å². The number of nitrogens with zero attached hydrogens (tertiary/aromatic N) is 1. The average molecular weight is 270 g/mol. The zero-order chi connectivity index (χ0) is 11.8. The van der Waals surface area contributed by atoms with Crippen LogP contribution < -0.4 is 22.5 Å². The zero-order valence-electron chi connectivity index (χ0n) is 10.8. The summed E-state index contributed by atoms with van der Waals surface area (Å²) in [5, 5.41) is 3.37. The number of piperazine rings is 1. The van der Waals surface area contributed by atoms with Crippen molar-refractivity contribution in [3.8, 4) is 5.75 Å². The first-order valence-corrected chi connectivity index (χ1v) is 6.56. The standard InChI is InChI=1S/C14H22N2O.ClH/c1-2-6-14(7-3-1)17-13-5-4-10-16-11-8-15-9-12-16;/h1-3,6-7,15H,4-5,8-13H2;1H/p-1. The van der Waals surface area contributed by atoms with E-state index in [0.29, 0.717) is 0 Å². The number of unbranched alkanes of at least 4 members (excludes halogenated alkanes) is 1. The maximum absolute atomic E-state index is 5.66. The lowest BCUT2D eigenvalue weighted by Gasteiger charge is -2.26. The van der Waals surface area contributed by atoms with E-state index < -0.39 is 0 Å². The predicted molar refractivity (Wildman–Crippen MR) is 70.5 cm³/mol. The first-order valence-electron chi connectivity index (χ1n) is 6.56. The van der Waals surface area contributed by atoms with Crippen LogP contribution in [0.2, 0.25) is 0 Å². The summed E-state index contributed by atoms with van der Waals surface area (Å²) >= 11 is 0. The highest BCUT2D eigenvalue weighted by molar-refractivity contribution is 5.20. The van der Waals surface area contributed by atoms with Crippen molar-refractivity contribution >= 4 is 0 Å². The lowest BCUT2D eigenvalue weighted by molar-refractivity contribution is -0.00000404. The fourth-order valence-corrected chi connectivity index (χ4v) is 2.08. The molecule has 1 N–H and O–H groups in total. The number of rotatable bonds is 6. The van der Waals surface area contributed by atoms with Crippen LogP contribution in [0.4, 0.5) is 0 Å². The number of halogens is 1. The molecule has 102 valence electrons. The van der Waals surface area contributed by atoms with E-state index in [4.69, 9.17) is 4.74 Å². The quantitative estimate of drug-likeness (QED) is 0.654. The van der Waals surface area contributed by atoms with Crippen LogP contribution in [-0.2, 0) is 0 Å². The van der Waals surface area contributed by atoms with Crippen LogP contribution in [0.3, 0.4) is 0 Å². The van der Waals surface area contributed by atoms with Crippen molar-refractivity contribution in [2.45, 2.75) is 12.8 Å². The molecule has 18 heavy (non-hydrogen) atoms. The zero-order valence-corrected chi connectivity index (χ0v) is 11.5. The van der Waals surface area contributed by atoms with Gasteiger partial charge in [0.1, 0.15) is 5.75 Å². The average Bonchev–Trinajstić information content (AvgIpc) is 2.41. The summed E-state index contributed by atoms with van der Waals surface area (Å²) in [7, 11) is 0. The Morgan fingerprint density at radius 1 is 1.06 bits per heavy atom. The van der Waals surface area contributed by atoms with E-state index in [1.165, 1.54) is 26.1 Å². The third kappa shape index (κ3) is 5.71. The second kappa shape index (κ2) is 9.20. The molecule has 0 atom stereocenters. The highest BCUT2D eigenvalue weighted by Crippen LogP contribution is 2.09. The van der Waals surface area contributed by atoms with Gasteiger partial charge in [-0.15, -0.1) is 0 Å². The molecule has 1 aromatic carbocycles. The molecule has 0 bridgehead atoms. The van der Waals surface area contributed by atoms with Crippen molar-refractivity contribution in [3.63, 3.8) is 0 Å². The molecular weight excluding hydrogens is 248 g/mol. The van der Waals surface area contributed by atoms with Crippen LogP contribution in [0, 0.1) is 0 Å². The minimum absolute atomic E-state index is 0. The summed E-state index contributed by atoms with van der Waals surface area (Å²) in [6.45, 7) is 6.70. The lowest BCUT2D eigenvalue weighted by atomic mass is 10.2. The van der Waals surface area contributed by atoms with Crippen LogP contribution in [0.25, 0.3) is 0 Å². The number of nitrogens with one attached hydrogen (secondary N) is 1. The van der Waals surface area contributed by atoms with Gasteiger partial charge in [-0.2, -0.15) is 0 Å². The van der Waals surface area contributed by atoms with E-state index in [1.807, 2.05) is 30.3 Å². The lowest BCUT2D eigenvalue weighted by Crippen LogP contribution is -3.00. The highest BCUT2D eigenvalue weighted by atomic mass is 35.5. The normalized spacial score (nSPS) is 16.0. The number of benzene rings is 1. The Kier molecular flexibility index (Phi) is 7.81. The molecule has 0 unspecified atom stereocenters. The molecule has 1 fully saturated rings.